The molecule has 0 atom stereocenters. The number of rotatable bonds is 4. The normalized spacial score (nSPS) is 11.8. The molecule has 1 aromatic heterocycles. The predicted octanol–water partition coefficient (Wildman–Crippen LogP) is 3.36. The van der Waals surface area contributed by atoms with Crippen LogP contribution in [0.5, 0.6) is 0 Å². The van der Waals surface area contributed by atoms with E-state index in [0.29, 0.717) is 4.90 Å². The van der Waals surface area contributed by atoms with E-state index in [1.807, 2.05) is 13.2 Å². The fourth-order valence-electron chi connectivity index (χ4n) is 1.74. The Hall–Kier alpha value is -1.63. The van der Waals surface area contributed by atoms with Crippen molar-refractivity contribution in [2.45, 2.75) is 17.5 Å². The topological polar surface area (TPSA) is 43.8 Å². The second kappa shape index (κ2) is 5.78. The molecule has 0 saturated heterocycles. The Balaban J connectivity index is 1.96. The lowest BCUT2D eigenvalue weighted by atomic mass is 10.2. The number of aromatic nitrogens is 2. The van der Waals surface area contributed by atoms with Crippen LogP contribution in [0.2, 0.25) is 0 Å². The van der Waals surface area contributed by atoms with Crippen molar-refractivity contribution in [3.05, 3.63) is 41.7 Å². The molecule has 0 aliphatic carbocycles. The first-order valence-corrected chi connectivity index (χ1v) is 6.92. The lowest BCUT2D eigenvalue weighted by Crippen LogP contribution is -2.05. The van der Waals surface area contributed by atoms with Gasteiger partial charge in [-0.25, -0.2) is 0 Å². The summed E-state index contributed by atoms with van der Waals surface area (Å²) in [4.78, 5) is 0.668. The largest absolute Gasteiger partial charge is 0.416 e. The summed E-state index contributed by atoms with van der Waals surface area (Å²) >= 11 is 1.44. The third-order valence-electron chi connectivity index (χ3n) is 2.74. The molecule has 0 saturated carbocycles. The number of hydrogen-bond donors (Lipinski definition) is 1. The van der Waals surface area contributed by atoms with Crippen LogP contribution in [0.1, 0.15) is 11.1 Å². The van der Waals surface area contributed by atoms with Crippen molar-refractivity contribution < 1.29 is 13.2 Å². The lowest BCUT2D eigenvalue weighted by Gasteiger charge is -2.10. The maximum atomic E-state index is 12.5. The van der Waals surface area contributed by atoms with Gasteiger partial charge in [0.25, 0.3) is 0 Å². The van der Waals surface area contributed by atoms with Crippen LogP contribution in [0.25, 0.3) is 0 Å². The summed E-state index contributed by atoms with van der Waals surface area (Å²) in [6, 6.07) is 3.46. The van der Waals surface area contributed by atoms with E-state index < -0.39 is 11.7 Å². The van der Waals surface area contributed by atoms with Crippen LogP contribution in [0.3, 0.4) is 0 Å². The van der Waals surface area contributed by atoms with Crippen molar-refractivity contribution >= 4 is 17.4 Å². The predicted molar refractivity (Wildman–Crippen MR) is 73.5 cm³/mol. The summed E-state index contributed by atoms with van der Waals surface area (Å²) < 4.78 is 39.2. The molecule has 0 aliphatic rings. The first-order chi connectivity index (χ1) is 9.36. The number of anilines is 1. The molecular weight excluding hydrogens is 287 g/mol. The highest BCUT2D eigenvalue weighted by atomic mass is 32.2. The van der Waals surface area contributed by atoms with E-state index >= 15 is 0 Å². The molecule has 2 aromatic rings. The summed E-state index contributed by atoms with van der Waals surface area (Å²) in [5.74, 6) is 0.737. The van der Waals surface area contributed by atoms with Crippen molar-refractivity contribution in [1.82, 2.24) is 9.78 Å². The number of aryl methyl sites for hydroxylation is 2. The van der Waals surface area contributed by atoms with Gasteiger partial charge in [-0.15, -0.1) is 11.8 Å². The summed E-state index contributed by atoms with van der Waals surface area (Å²) in [7, 11) is 1.84. The minimum atomic E-state index is -4.35. The Kier molecular flexibility index (Phi) is 4.27. The van der Waals surface area contributed by atoms with Crippen molar-refractivity contribution in [2.75, 3.05) is 11.5 Å². The van der Waals surface area contributed by atoms with E-state index in [4.69, 9.17) is 5.73 Å². The zero-order valence-electron chi connectivity index (χ0n) is 10.8. The van der Waals surface area contributed by atoms with E-state index in [9.17, 15) is 13.2 Å². The van der Waals surface area contributed by atoms with Gasteiger partial charge in [-0.2, -0.15) is 18.3 Å². The molecule has 0 amide bonds. The molecule has 7 heteroatoms. The van der Waals surface area contributed by atoms with Gasteiger partial charge in [0.05, 0.1) is 11.8 Å². The average Bonchev–Trinajstić information content (AvgIpc) is 2.76. The van der Waals surface area contributed by atoms with Gasteiger partial charge in [0.15, 0.2) is 0 Å². The summed E-state index contributed by atoms with van der Waals surface area (Å²) in [5.41, 5.74) is 6.20. The number of alkyl halides is 3. The number of hydrogen-bond acceptors (Lipinski definition) is 3. The molecule has 0 unspecified atom stereocenters. The molecule has 1 aromatic carbocycles. The molecule has 1 heterocycles. The number of benzene rings is 1. The van der Waals surface area contributed by atoms with Crippen LogP contribution in [0, 0.1) is 0 Å². The molecule has 2 N–H and O–H groups in total. The number of nitrogens with zero attached hydrogens (tertiary/aromatic N) is 2. The van der Waals surface area contributed by atoms with Crippen LogP contribution in [0.15, 0.2) is 35.5 Å². The maximum absolute atomic E-state index is 12.5. The maximum Gasteiger partial charge on any atom is 0.416 e. The van der Waals surface area contributed by atoms with Crippen LogP contribution >= 0.6 is 11.8 Å². The van der Waals surface area contributed by atoms with Crippen molar-refractivity contribution in [2.24, 2.45) is 7.05 Å². The molecule has 108 valence electrons. The molecule has 3 nitrogen and oxygen atoms in total. The molecule has 0 aliphatic heterocycles. The van der Waals surface area contributed by atoms with E-state index in [-0.39, 0.29) is 5.69 Å². The smallest absolute Gasteiger partial charge is 0.398 e. The number of nitrogens with two attached hydrogens (primary N) is 1. The average molecular weight is 301 g/mol. The minimum Gasteiger partial charge on any atom is -0.398 e. The monoisotopic (exact) mass is 301 g/mol. The van der Waals surface area contributed by atoms with Crippen LogP contribution in [-0.4, -0.2) is 15.5 Å². The molecular formula is C13H14F3N3S. The Morgan fingerprint density at radius 1 is 1.35 bits per heavy atom. The molecule has 20 heavy (non-hydrogen) atoms. The summed E-state index contributed by atoms with van der Waals surface area (Å²) in [6.07, 6.45) is 0.124. The Bertz CT molecular complexity index is 593. The fourth-order valence-corrected chi connectivity index (χ4v) is 2.68. The number of halogens is 3. The van der Waals surface area contributed by atoms with Crippen molar-refractivity contribution in [3.63, 3.8) is 0 Å². The van der Waals surface area contributed by atoms with E-state index in [0.717, 1.165) is 29.9 Å². The SMILES string of the molecule is Cn1cc(CCSc2ccc(C(F)(F)F)cc2N)cn1. The third-order valence-corrected chi connectivity index (χ3v) is 3.83. The first kappa shape index (κ1) is 14.8. The third kappa shape index (κ3) is 3.69. The zero-order chi connectivity index (χ0) is 14.8. The standard InChI is InChI=1S/C13H14F3N3S/c1-19-8-9(7-18-19)4-5-20-12-3-2-10(6-11(12)17)13(14,15)16/h2-3,6-8H,4-5,17H2,1H3. The van der Waals surface area contributed by atoms with Gasteiger partial charge < -0.3 is 5.73 Å². The molecule has 2 rings (SSSR count). The Morgan fingerprint density at radius 2 is 2.10 bits per heavy atom. The zero-order valence-corrected chi connectivity index (χ0v) is 11.6. The molecule has 0 radical (unpaired) electrons. The van der Waals surface area contributed by atoms with Gasteiger partial charge in [-0.1, -0.05) is 0 Å². The lowest BCUT2D eigenvalue weighted by molar-refractivity contribution is -0.137. The van der Waals surface area contributed by atoms with E-state index in [1.165, 1.54) is 17.8 Å². The highest BCUT2D eigenvalue weighted by Gasteiger charge is 2.30. The van der Waals surface area contributed by atoms with Gasteiger partial charge in [-0.3, -0.25) is 4.68 Å². The molecule has 0 fully saturated rings. The van der Waals surface area contributed by atoms with Crippen molar-refractivity contribution in [1.29, 1.82) is 0 Å². The minimum absolute atomic E-state index is 0.163. The number of nitrogen functional groups attached to an aromatic ring is 1. The van der Waals surface area contributed by atoms with Gasteiger partial charge in [0, 0.05) is 29.6 Å². The molecule has 0 spiro atoms. The van der Waals surface area contributed by atoms with Gasteiger partial charge in [0.2, 0.25) is 0 Å². The number of thioether (sulfide) groups is 1. The highest BCUT2D eigenvalue weighted by Crippen LogP contribution is 2.34. The summed E-state index contributed by atoms with van der Waals surface area (Å²) in [5, 5.41) is 4.06. The highest BCUT2D eigenvalue weighted by molar-refractivity contribution is 7.99. The fraction of sp³-hybridized carbons (Fsp3) is 0.308. The first-order valence-electron chi connectivity index (χ1n) is 5.93. The second-order valence-corrected chi connectivity index (χ2v) is 5.51. The van der Waals surface area contributed by atoms with Crippen molar-refractivity contribution in [3.8, 4) is 0 Å². The molecule has 0 bridgehead atoms. The van der Waals surface area contributed by atoms with Gasteiger partial charge >= 0.3 is 6.18 Å². The van der Waals surface area contributed by atoms with E-state index in [2.05, 4.69) is 5.10 Å². The second-order valence-electron chi connectivity index (χ2n) is 4.37. The van der Waals surface area contributed by atoms with Gasteiger partial charge in [0.1, 0.15) is 0 Å². The van der Waals surface area contributed by atoms with Gasteiger partial charge in [-0.05, 0) is 30.2 Å². The Labute approximate surface area is 119 Å². The van der Waals surface area contributed by atoms with E-state index in [1.54, 1.807) is 10.9 Å². The van der Waals surface area contributed by atoms with Crippen LogP contribution in [0.4, 0.5) is 18.9 Å². The quantitative estimate of drug-likeness (QED) is 0.695. The van der Waals surface area contributed by atoms with Crippen LogP contribution in [-0.2, 0) is 19.6 Å². The van der Waals surface area contributed by atoms with Crippen LogP contribution < -0.4 is 5.73 Å². The Morgan fingerprint density at radius 3 is 2.65 bits per heavy atom. The summed E-state index contributed by atoms with van der Waals surface area (Å²) in [6.45, 7) is 0.